The monoisotopic (exact) mass is 304 g/mol. The second-order valence-electron chi connectivity index (χ2n) is 3.91. The standard InChI is InChI=1S/C11H15INO/c1-3-11(14)9-6-4-5-7-13(9)8(2)10(11)12/h4-8,10,14H,3H2,1-2H3/q+1. The molecule has 76 valence electrons. The summed E-state index contributed by atoms with van der Waals surface area (Å²) in [6.45, 7) is 4.20. The van der Waals surface area contributed by atoms with Crippen molar-refractivity contribution in [1.29, 1.82) is 0 Å². The van der Waals surface area contributed by atoms with Crippen LogP contribution < -0.4 is 4.57 Å². The molecule has 1 aromatic heterocycles. The molecule has 1 N–H and O–H groups in total. The van der Waals surface area contributed by atoms with Gasteiger partial charge < -0.3 is 5.11 Å². The van der Waals surface area contributed by atoms with Gasteiger partial charge in [-0.2, -0.15) is 4.57 Å². The van der Waals surface area contributed by atoms with Crippen molar-refractivity contribution in [2.75, 3.05) is 0 Å². The van der Waals surface area contributed by atoms with E-state index >= 15 is 0 Å². The summed E-state index contributed by atoms with van der Waals surface area (Å²) in [5.74, 6) is 0. The smallest absolute Gasteiger partial charge is 0.214 e. The first kappa shape index (κ1) is 10.4. The minimum absolute atomic E-state index is 0.257. The van der Waals surface area contributed by atoms with E-state index in [2.05, 4.69) is 40.3 Å². The van der Waals surface area contributed by atoms with Crippen LogP contribution in [-0.4, -0.2) is 9.03 Å². The molecular weight excluding hydrogens is 289 g/mol. The highest BCUT2D eigenvalue weighted by atomic mass is 127. The normalized spacial score (nSPS) is 35.7. The molecule has 14 heavy (non-hydrogen) atoms. The van der Waals surface area contributed by atoms with E-state index in [1.165, 1.54) is 0 Å². The molecule has 1 aromatic rings. The summed E-state index contributed by atoms with van der Waals surface area (Å²) >= 11 is 2.36. The number of nitrogens with zero attached hydrogens (tertiary/aromatic N) is 1. The fourth-order valence-electron chi connectivity index (χ4n) is 2.24. The lowest BCUT2D eigenvalue weighted by molar-refractivity contribution is -0.713. The van der Waals surface area contributed by atoms with Crippen LogP contribution in [0.15, 0.2) is 24.4 Å². The molecule has 1 aliphatic rings. The molecule has 0 saturated heterocycles. The average molecular weight is 304 g/mol. The summed E-state index contributed by atoms with van der Waals surface area (Å²) in [6, 6.07) is 6.41. The third kappa shape index (κ3) is 1.21. The highest BCUT2D eigenvalue weighted by Gasteiger charge is 2.54. The van der Waals surface area contributed by atoms with Gasteiger partial charge in [-0.3, -0.25) is 0 Å². The van der Waals surface area contributed by atoms with Gasteiger partial charge in [-0.15, -0.1) is 0 Å². The molecule has 0 radical (unpaired) electrons. The van der Waals surface area contributed by atoms with Gasteiger partial charge in [0.25, 0.3) is 0 Å². The molecule has 0 fully saturated rings. The predicted octanol–water partition coefficient (Wildman–Crippen LogP) is 1.95. The fraction of sp³-hybridized carbons (Fsp3) is 0.545. The van der Waals surface area contributed by atoms with Crippen LogP contribution in [0.3, 0.4) is 0 Å². The topological polar surface area (TPSA) is 24.1 Å². The van der Waals surface area contributed by atoms with Crippen molar-refractivity contribution in [3.8, 4) is 0 Å². The van der Waals surface area contributed by atoms with Crippen LogP contribution in [0, 0.1) is 0 Å². The molecule has 3 atom stereocenters. The van der Waals surface area contributed by atoms with Crippen molar-refractivity contribution >= 4 is 22.6 Å². The number of halogens is 1. The quantitative estimate of drug-likeness (QED) is 0.479. The number of pyridine rings is 1. The molecule has 0 bridgehead atoms. The SMILES string of the molecule is CCC1(O)c2cccc[n+]2C(C)C1I. The first-order valence-corrected chi connectivity index (χ1v) is 6.23. The highest BCUT2D eigenvalue weighted by molar-refractivity contribution is 14.1. The molecule has 0 spiro atoms. The Labute approximate surface area is 98.1 Å². The molecule has 2 heterocycles. The molecule has 0 saturated carbocycles. The maximum absolute atomic E-state index is 10.6. The van der Waals surface area contributed by atoms with Crippen LogP contribution in [0.2, 0.25) is 0 Å². The van der Waals surface area contributed by atoms with E-state index in [1.54, 1.807) is 0 Å². The van der Waals surface area contributed by atoms with E-state index in [0.717, 1.165) is 12.1 Å². The molecular formula is C11H15INO+. The Morgan fingerprint density at radius 1 is 1.57 bits per heavy atom. The van der Waals surface area contributed by atoms with Gasteiger partial charge in [0.05, 0.1) is 0 Å². The third-order valence-electron chi connectivity index (χ3n) is 3.19. The molecule has 2 nitrogen and oxygen atoms in total. The molecule has 0 amide bonds. The van der Waals surface area contributed by atoms with Crippen LogP contribution in [0.4, 0.5) is 0 Å². The van der Waals surface area contributed by atoms with E-state index < -0.39 is 5.60 Å². The van der Waals surface area contributed by atoms with Crippen molar-refractivity contribution in [2.45, 2.75) is 35.8 Å². The molecule has 0 aromatic carbocycles. The van der Waals surface area contributed by atoms with Crippen molar-refractivity contribution < 1.29 is 9.67 Å². The summed E-state index contributed by atoms with van der Waals surface area (Å²) in [5, 5.41) is 10.6. The number of hydrogen-bond donors (Lipinski definition) is 1. The maximum Gasteiger partial charge on any atom is 0.214 e. The summed E-state index contributed by atoms with van der Waals surface area (Å²) in [7, 11) is 0. The highest BCUT2D eigenvalue weighted by Crippen LogP contribution is 2.41. The lowest BCUT2D eigenvalue weighted by atomic mass is 9.93. The Balaban J connectivity index is 2.59. The zero-order valence-corrected chi connectivity index (χ0v) is 10.6. The zero-order chi connectivity index (χ0) is 10.3. The van der Waals surface area contributed by atoms with Gasteiger partial charge in [0.1, 0.15) is 3.92 Å². The predicted molar refractivity (Wildman–Crippen MR) is 63.3 cm³/mol. The van der Waals surface area contributed by atoms with Gasteiger partial charge in [-0.1, -0.05) is 29.5 Å². The average Bonchev–Trinajstić information content (AvgIpc) is 2.43. The number of fused-ring (bicyclic) bond motifs is 1. The van der Waals surface area contributed by atoms with Crippen molar-refractivity contribution in [3.63, 3.8) is 0 Å². The molecule has 0 aliphatic carbocycles. The Bertz CT molecular complexity index is 355. The van der Waals surface area contributed by atoms with Crippen molar-refractivity contribution in [3.05, 3.63) is 30.1 Å². The first-order valence-electron chi connectivity index (χ1n) is 4.98. The van der Waals surface area contributed by atoms with Gasteiger partial charge in [0, 0.05) is 12.1 Å². The summed E-state index contributed by atoms with van der Waals surface area (Å²) in [4.78, 5) is 0. The minimum atomic E-state index is -0.652. The number of aliphatic hydroxyl groups is 1. The maximum atomic E-state index is 10.6. The van der Waals surface area contributed by atoms with E-state index in [-0.39, 0.29) is 3.92 Å². The lowest BCUT2D eigenvalue weighted by Crippen LogP contribution is -2.37. The van der Waals surface area contributed by atoms with Crippen molar-refractivity contribution in [2.24, 2.45) is 0 Å². The van der Waals surface area contributed by atoms with Gasteiger partial charge >= 0.3 is 0 Å². The van der Waals surface area contributed by atoms with Crippen LogP contribution >= 0.6 is 22.6 Å². The number of hydrogen-bond acceptors (Lipinski definition) is 1. The van der Waals surface area contributed by atoms with E-state index in [9.17, 15) is 5.11 Å². The minimum Gasteiger partial charge on any atom is -0.378 e. The fourth-order valence-corrected chi connectivity index (χ4v) is 3.34. The van der Waals surface area contributed by atoms with Crippen LogP contribution in [0.1, 0.15) is 32.0 Å². The van der Waals surface area contributed by atoms with Gasteiger partial charge in [-0.25, -0.2) is 0 Å². The Kier molecular flexibility index (Phi) is 2.55. The number of rotatable bonds is 1. The Morgan fingerprint density at radius 3 is 2.93 bits per heavy atom. The summed E-state index contributed by atoms with van der Waals surface area (Å²) < 4.78 is 2.44. The third-order valence-corrected chi connectivity index (χ3v) is 5.26. The number of aromatic nitrogens is 1. The van der Waals surface area contributed by atoms with Crippen LogP contribution in [0.5, 0.6) is 0 Å². The summed E-state index contributed by atoms with van der Waals surface area (Å²) in [6.07, 6.45) is 2.83. The van der Waals surface area contributed by atoms with Crippen LogP contribution in [0.25, 0.3) is 0 Å². The van der Waals surface area contributed by atoms with E-state index in [0.29, 0.717) is 6.04 Å². The molecule has 1 aliphatic heterocycles. The Morgan fingerprint density at radius 2 is 2.29 bits per heavy atom. The molecule has 3 heteroatoms. The summed E-state index contributed by atoms with van der Waals surface area (Å²) in [5.41, 5.74) is 0.399. The van der Waals surface area contributed by atoms with Crippen molar-refractivity contribution in [1.82, 2.24) is 0 Å². The number of alkyl halides is 1. The van der Waals surface area contributed by atoms with Gasteiger partial charge in [-0.05, 0) is 19.4 Å². The molecule has 3 unspecified atom stereocenters. The molecule has 2 rings (SSSR count). The largest absolute Gasteiger partial charge is 0.378 e. The Hall–Kier alpha value is -0.160. The zero-order valence-electron chi connectivity index (χ0n) is 8.44. The van der Waals surface area contributed by atoms with Gasteiger partial charge in [0.2, 0.25) is 5.69 Å². The van der Waals surface area contributed by atoms with Crippen LogP contribution in [-0.2, 0) is 5.60 Å². The first-order chi connectivity index (χ1) is 6.61. The lowest BCUT2D eigenvalue weighted by Gasteiger charge is -2.20. The van der Waals surface area contributed by atoms with E-state index in [1.807, 2.05) is 25.1 Å². The second-order valence-corrected chi connectivity index (χ2v) is 5.26. The van der Waals surface area contributed by atoms with E-state index in [4.69, 9.17) is 0 Å². The second kappa shape index (κ2) is 3.45. The van der Waals surface area contributed by atoms with Gasteiger partial charge in [0.15, 0.2) is 17.8 Å².